The summed E-state index contributed by atoms with van der Waals surface area (Å²) in [4.78, 5) is 4.58. The van der Waals surface area contributed by atoms with Crippen molar-refractivity contribution in [3.8, 4) is 0 Å². The molecule has 3 N–H and O–H groups in total. The van der Waals surface area contributed by atoms with Gasteiger partial charge < -0.3 is 20.5 Å². The highest BCUT2D eigenvalue weighted by Crippen LogP contribution is 2.23. The number of methoxy groups -OCH3 is 1. The summed E-state index contributed by atoms with van der Waals surface area (Å²) in [6, 6.07) is 13.1. The molecule has 2 rings (SSSR count). The standard InChI is InChI=1S/C20H25Cl2N3O2/c1-3-23-20(24-11-14-5-4-6-15(7-14)13-27-2)25-12-19(26)16-8-17(21)10-18(22)9-16/h4-10,19,26H,3,11-13H2,1-2H3,(H2,23,24,25). The summed E-state index contributed by atoms with van der Waals surface area (Å²) in [5.74, 6) is 0.627. The molecule has 0 bridgehead atoms. The van der Waals surface area contributed by atoms with Gasteiger partial charge in [-0.15, -0.1) is 0 Å². The van der Waals surface area contributed by atoms with Crippen molar-refractivity contribution < 1.29 is 9.84 Å². The Hall–Kier alpha value is -1.79. The van der Waals surface area contributed by atoms with Crippen molar-refractivity contribution in [2.45, 2.75) is 26.2 Å². The number of rotatable bonds is 8. The second-order valence-corrected chi connectivity index (χ2v) is 6.92. The molecular formula is C20H25Cl2N3O2. The maximum absolute atomic E-state index is 10.4. The van der Waals surface area contributed by atoms with Crippen LogP contribution in [-0.4, -0.2) is 31.3 Å². The van der Waals surface area contributed by atoms with Crippen LogP contribution < -0.4 is 10.6 Å². The third-order valence-corrected chi connectivity index (χ3v) is 4.24. The maximum atomic E-state index is 10.4. The number of aliphatic imine (C=N–C) groups is 1. The molecule has 0 saturated heterocycles. The van der Waals surface area contributed by atoms with Gasteiger partial charge >= 0.3 is 0 Å². The highest BCUT2D eigenvalue weighted by Gasteiger charge is 2.10. The number of nitrogens with zero attached hydrogens (tertiary/aromatic N) is 1. The summed E-state index contributed by atoms with van der Waals surface area (Å²) in [6.45, 7) is 4.08. The number of hydrogen-bond acceptors (Lipinski definition) is 3. The molecule has 0 amide bonds. The zero-order valence-corrected chi connectivity index (χ0v) is 17.0. The Bertz CT molecular complexity index is 748. The number of halogens is 2. The summed E-state index contributed by atoms with van der Waals surface area (Å²) >= 11 is 12.0. The molecular weight excluding hydrogens is 385 g/mol. The molecule has 0 saturated carbocycles. The minimum Gasteiger partial charge on any atom is -0.387 e. The second-order valence-electron chi connectivity index (χ2n) is 6.05. The zero-order valence-electron chi connectivity index (χ0n) is 15.5. The highest BCUT2D eigenvalue weighted by molar-refractivity contribution is 6.34. The number of nitrogens with one attached hydrogen (secondary N) is 2. The van der Waals surface area contributed by atoms with Crippen LogP contribution in [0.25, 0.3) is 0 Å². The predicted octanol–water partition coefficient (Wildman–Crippen LogP) is 3.93. The van der Waals surface area contributed by atoms with Crippen LogP contribution in [0.3, 0.4) is 0 Å². The Balaban J connectivity index is 1.99. The van der Waals surface area contributed by atoms with Crippen LogP contribution >= 0.6 is 23.2 Å². The molecule has 0 spiro atoms. The van der Waals surface area contributed by atoms with Crippen LogP contribution in [0.2, 0.25) is 10.0 Å². The summed E-state index contributed by atoms with van der Waals surface area (Å²) in [5.41, 5.74) is 2.85. The minimum absolute atomic E-state index is 0.284. The number of aliphatic hydroxyl groups excluding tert-OH is 1. The zero-order chi connectivity index (χ0) is 19.6. The molecule has 146 valence electrons. The van der Waals surface area contributed by atoms with E-state index in [9.17, 15) is 5.11 Å². The number of hydrogen-bond donors (Lipinski definition) is 3. The van der Waals surface area contributed by atoms with Crippen LogP contribution in [0, 0.1) is 0 Å². The Morgan fingerprint density at radius 1 is 1.11 bits per heavy atom. The first kappa shape index (κ1) is 21.5. The lowest BCUT2D eigenvalue weighted by molar-refractivity contribution is 0.181. The first-order valence-electron chi connectivity index (χ1n) is 8.74. The highest BCUT2D eigenvalue weighted by atomic mass is 35.5. The topological polar surface area (TPSA) is 65.9 Å². The molecule has 0 fully saturated rings. The van der Waals surface area contributed by atoms with E-state index < -0.39 is 6.10 Å². The number of benzene rings is 2. The van der Waals surface area contributed by atoms with Crippen molar-refractivity contribution in [2.75, 3.05) is 20.2 Å². The van der Waals surface area contributed by atoms with Crippen LogP contribution in [0.1, 0.15) is 29.7 Å². The lowest BCUT2D eigenvalue weighted by Crippen LogP contribution is -2.39. The molecule has 0 aliphatic heterocycles. The number of aliphatic hydroxyl groups is 1. The van der Waals surface area contributed by atoms with E-state index in [1.165, 1.54) is 0 Å². The Morgan fingerprint density at radius 3 is 2.48 bits per heavy atom. The largest absolute Gasteiger partial charge is 0.387 e. The van der Waals surface area contributed by atoms with E-state index in [4.69, 9.17) is 27.9 Å². The summed E-state index contributed by atoms with van der Waals surface area (Å²) < 4.78 is 5.16. The Kier molecular flexibility index (Phi) is 8.88. The van der Waals surface area contributed by atoms with Gasteiger partial charge in [0.15, 0.2) is 5.96 Å². The molecule has 2 aromatic rings. The SMILES string of the molecule is CCNC(=NCc1cccc(COC)c1)NCC(O)c1cc(Cl)cc(Cl)c1. The molecule has 0 aliphatic carbocycles. The van der Waals surface area contributed by atoms with Crippen LogP contribution in [-0.2, 0) is 17.9 Å². The van der Waals surface area contributed by atoms with Crippen molar-refractivity contribution in [3.05, 3.63) is 69.2 Å². The molecule has 0 radical (unpaired) electrons. The van der Waals surface area contributed by atoms with Crippen LogP contribution in [0.5, 0.6) is 0 Å². The molecule has 0 heterocycles. The quantitative estimate of drug-likeness (QED) is 0.456. The van der Waals surface area contributed by atoms with Gasteiger partial charge in [-0.3, -0.25) is 0 Å². The molecule has 1 atom stereocenters. The monoisotopic (exact) mass is 409 g/mol. The van der Waals surface area contributed by atoms with E-state index in [2.05, 4.69) is 21.7 Å². The van der Waals surface area contributed by atoms with Crippen LogP contribution in [0.15, 0.2) is 47.5 Å². The third kappa shape index (κ3) is 7.39. The summed E-state index contributed by atoms with van der Waals surface area (Å²) in [6.07, 6.45) is -0.755. The molecule has 0 aliphatic rings. The van der Waals surface area contributed by atoms with Gasteiger partial charge in [-0.1, -0.05) is 47.5 Å². The van der Waals surface area contributed by atoms with Gasteiger partial charge in [-0.25, -0.2) is 4.99 Å². The maximum Gasteiger partial charge on any atom is 0.191 e. The van der Waals surface area contributed by atoms with Gasteiger partial charge in [0.1, 0.15) is 0 Å². The van der Waals surface area contributed by atoms with Crippen LogP contribution in [0.4, 0.5) is 0 Å². The van der Waals surface area contributed by atoms with E-state index >= 15 is 0 Å². The molecule has 0 aromatic heterocycles. The summed E-state index contributed by atoms with van der Waals surface area (Å²) in [7, 11) is 1.68. The van der Waals surface area contributed by atoms with E-state index in [1.54, 1.807) is 25.3 Å². The molecule has 5 nitrogen and oxygen atoms in total. The smallest absolute Gasteiger partial charge is 0.191 e. The van der Waals surface area contributed by atoms with Gasteiger partial charge in [0.25, 0.3) is 0 Å². The van der Waals surface area contributed by atoms with Crippen molar-refractivity contribution in [1.29, 1.82) is 0 Å². The van der Waals surface area contributed by atoms with Gasteiger partial charge in [0.05, 0.1) is 19.3 Å². The number of guanidine groups is 1. The van der Waals surface area contributed by atoms with E-state index in [0.29, 0.717) is 41.3 Å². The Labute approximate surface area is 170 Å². The minimum atomic E-state index is -0.755. The molecule has 7 heteroatoms. The fraction of sp³-hybridized carbons (Fsp3) is 0.350. The number of ether oxygens (including phenoxy) is 1. The normalized spacial score (nSPS) is 12.7. The van der Waals surface area contributed by atoms with Crippen molar-refractivity contribution >= 4 is 29.2 Å². The fourth-order valence-corrected chi connectivity index (χ4v) is 3.12. The second kappa shape index (κ2) is 11.1. The van der Waals surface area contributed by atoms with E-state index in [0.717, 1.165) is 11.1 Å². The molecule has 27 heavy (non-hydrogen) atoms. The van der Waals surface area contributed by atoms with Gasteiger partial charge in [-0.2, -0.15) is 0 Å². The Morgan fingerprint density at radius 2 is 1.81 bits per heavy atom. The average Bonchev–Trinajstić information content (AvgIpc) is 2.63. The molecule has 1 unspecified atom stereocenters. The predicted molar refractivity (Wildman–Crippen MR) is 111 cm³/mol. The van der Waals surface area contributed by atoms with Crippen molar-refractivity contribution in [1.82, 2.24) is 10.6 Å². The summed E-state index contributed by atoms with van der Waals surface area (Å²) in [5, 5.41) is 17.7. The molecule has 2 aromatic carbocycles. The van der Waals surface area contributed by atoms with Gasteiger partial charge in [0, 0.05) is 30.2 Å². The fourth-order valence-electron chi connectivity index (χ4n) is 2.58. The first-order chi connectivity index (χ1) is 13.0. The van der Waals surface area contributed by atoms with Gasteiger partial charge in [-0.05, 0) is 41.8 Å². The van der Waals surface area contributed by atoms with Crippen molar-refractivity contribution in [3.63, 3.8) is 0 Å². The van der Waals surface area contributed by atoms with Gasteiger partial charge in [0.2, 0.25) is 0 Å². The first-order valence-corrected chi connectivity index (χ1v) is 9.50. The lowest BCUT2D eigenvalue weighted by atomic mass is 10.1. The van der Waals surface area contributed by atoms with E-state index in [-0.39, 0.29) is 6.54 Å². The van der Waals surface area contributed by atoms with Crippen molar-refractivity contribution in [2.24, 2.45) is 4.99 Å². The third-order valence-electron chi connectivity index (χ3n) is 3.80. The average molecular weight is 410 g/mol. The van der Waals surface area contributed by atoms with E-state index in [1.807, 2.05) is 25.1 Å². The lowest BCUT2D eigenvalue weighted by Gasteiger charge is -2.16.